The summed E-state index contributed by atoms with van der Waals surface area (Å²) in [5, 5.41) is 15.1. The number of benzene rings is 1. The van der Waals surface area contributed by atoms with E-state index in [0.29, 0.717) is 19.1 Å². The molecule has 2 amide bonds. The standard InChI is InChI=1S/C18H28N2O3/c1-3-23-17-9-6-15(10-13(17)2)11-19-18(22)20-16-7-4-14(12-21)5-8-16/h6,9-10,14,16,21H,3-5,7-8,11-12H2,1-2H3,(H2,19,20,22). The Kier molecular flexibility index (Phi) is 6.71. The molecule has 0 heterocycles. The van der Waals surface area contributed by atoms with Crippen molar-refractivity contribution in [2.24, 2.45) is 5.92 Å². The van der Waals surface area contributed by atoms with Gasteiger partial charge in [0.05, 0.1) is 6.61 Å². The van der Waals surface area contributed by atoms with Crippen LogP contribution in [0.1, 0.15) is 43.7 Å². The van der Waals surface area contributed by atoms with Crippen LogP contribution in [0.4, 0.5) is 4.79 Å². The summed E-state index contributed by atoms with van der Waals surface area (Å²) in [6.45, 7) is 5.39. The maximum absolute atomic E-state index is 12.0. The molecule has 5 heteroatoms. The summed E-state index contributed by atoms with van der Waals surface area (Å²) in [5.41, 5.74) is 2.14. The van der Waals surface area contributed by atoms with E-state index in [9.17, 15) is 4.79 Å². The predicted molar refractivity (Wildman–Crippen MR) is 90.6 cm³/mol. The lowest BCUT2D eigenvalue weighted by Crippen LogP contribution is -2.43. The van der Waals surface area contributed by atoms with Gasteiger partial charge >= 0.3 is 6.03 Å². The zero-order valence-corrected chi connectivity index (χ0v) is 14.1. The fourth-order valence-corrected chi connectivity index (χ4v) is 3.05. The van der Waals surface area contributed by atoms with Crippen molar-refractivity contribution in [1.29, 1.82) is 0 Å². The fraction of sp³-hybridized carbons (Fsp3) is 0.611. The smallest absolute Gasteiger partial charge is 0.315 e. The summed E-state index contributed by atoms with van der Waals surface area (Å²) in [6.07, 6.45) is 3.86. The van der Waals surface area contributed by atoms with E-state index in [-0.39, 0.29) is 18.7 Å². The molecule has 0 bridgehead atoms. The van der Waals surface area contributed by atoms with Crippen molar-refractivity contribution in [3.63, 3.8) is 0 Å². The lowest BCUT2D eigenvalue weighted by atomic mass is 9.87. The van der Waals surface area contributed by atoms with E-state index in [1.54, 1.807) is 0 Å². The molecule has 1 aliphatic carbocycles. The van der Waals surface area contributed by atoms with Crippen LogP contribution in [0.5, 0.6) is 5.75 Å². The minimum absolute atomic E-state index is 0.121. The zero-order valence-electron chi connectivity index (χ0n) is 14.1. The van der Waals surface area contributed by atoms with E-state index in [4.69, 9.17) is 9.84 Å². The number of hydrogen-bond donors (Lipinski definition) is 3. The van der Waals surface area contributed by atoms with Gasteiger partial charge in [0.1, 0.15) is 5.75 Å². The third-order valence-corrected chi connectivity index (χ3v) is 4.43. The summed E-state index contributed by atoms with van der Waals surface area (Å²) < 4.78 is 5.52. The van der Waals surface area contributed by atoms with Crippen LogP contribution in [-0.4, -0.2) is 30.4 Å². The molecule has 0 saturated heterocycles. The summed E-state index contributed by atoms with van der Waals surface area (Å²) in [6, 6.07) is 6.07. The van der Waals surface area contributed by atoms with E-state index in [1.807, 2.05) is 32.0 Å². The lowest BCUT2D eigenvalue weighted by molar-refractivity contribution is 0.174. The summed E-state index contributed by atoms with van der Waals surface area (Å²) in [7, 11) is 0. The Morgan fingerprint density at radius 2 is 2.04 bits per heavy atom. The highest BCUT2D eigenvalue weighted by atomic mass is 16.5. The highest BCUT2D eigenvalue weighted by molar-refractivity contribution is 5.74. The summed E-state index contributed by atoms with van der Waals surface area (Å²) >= 11 is 0. The number of carbonyl (C=O) groups is 1. The van der Waals surface area contributed by atoms with Crippen LogP contribution >= 0.6 is 0 Å². The van der Waals surface area contributed by atoms with Crippen molar-refractivity contribution in [2.45, 2.75) is 52.1 Å². The fourth-order valence-electron chi connectivity index (χ4n) is 3.05. The Balaban J connectivity index is 1.75. The van der Waals surface area contributed by atoms with E-state index in [1.165, 1.54) is 0 Å². The van der Waals surface area contributed by atoms with Gasteiger partial charge < -0.3 is 20.5 Å². The average molecular weight is 320 g/mol. The number of aliphatic hydroxyl groups is 1. The first-order chi connectivity index (χ1) is 11.1. The van der Waals surface area contributed by atoms with Crippen LogP contribution in [0.3, 0.4) is 0 Å². The molecule has 1 fully saturated rings. The van der Waals surface area contributed by atoms with Crippen LogP contribution in [0.2, 0.25) is 0 Å². The molecule has 1 aliphatic rings. The first-order valence-electron chi connectivity index (χ1n) is 8.50. The molecule has 0 aliphatic heterocycles. The first-order valence-corrected chi connectivity index (χ1v) is 8.50. The topological polar surface area (TPSA) is 70.6 Å². The summed E-state index contributed by atoms with van der Waals surface area (Å²) in [5.74, 6) is 1.30. The number of nitrogens with one attached hydrogen (secondary N) is 2. The van der Waals surface area contributed by atoms with Gasteiger partial charge in [-0.15, -0.1) is 0 Å². The number of aryl methyl sites for hydroxylation is 1. The van der Waals surface area contributed by atoms with Gasteiger partial charge in [-0.25, -0.2) is 4.79 Å². The SMILES string of the molecule is CCOc1ccc(CNC(=O)NC2CCC(CO)CC2)cc1C. The minimum Gasteiger partial charge on any atom is -0.494 e. The molecule has 0 spiro atoms. The lowest BCUT2D eigenvalue weighted by Gasteiger charge is -2.28. The molecule has 23 heavy (non-hydrogen) atoms. The van der Waals surface area contributed by atoms with Gasteiger partial charge in [0.15, 0.2) is 0 Å². The first kappa shape index (κ1) is 17.6. The Labute approximate surface area is 138 Å². The molecule has 1 aromatic rings. The molecule has 0 atom stereocenters. The average Bonchev–Trinajstić information content (AvgIpc) is 2.56. The van der Waals surface area contributed by atoms with Gasteiger partial charge in [-0.3, -0.25) is 0 Å². The minimum atomic E-state index is -0.121. The molecule has 5 nitrogen and oxygen atoms in total. The van der Waals surface area contributed by atoms with Gasteiger partial charge in [0.25, 0.3) is 0 Å². The second-order valence-corrected chi connectivity index (χ2v) is 6.26. The highest BCUT2D eigenvalue weighted by Crippen LogP contribution is 2.23. The molecule has 0 unspecified atom stereocenters. The monoisotopic (exact) mass is 320 g/mol. The Morgan fingerprint density at radius 1 is 1.30 bits per heavy atom. The molecular formula is C18H28N2O3. The largest absolute Gasteiger partial charge is 0.494 e. The quantitative estimate of drug-likeness (QED) is 0.755. The van der Waals surface area contributed by atoms with Gasteiger partial charge in [-0.1, -0.05) is 12.1 Å². The number of hydrogen-bond acceptors (Lipinski definition) is 3. The molecule has 1 saturated carbocycles. The van der Waals surface area contributed by atoms with Gasteiger partial charge in [-0.05, 0) is 62.6 Å². The number of amides is 2. The van der Waals surface area contributed by atoms with Crippen molar-refractivity contribution < 1.29 is 14.6 Å². The molecule has 0 aromatic heterocycles. The maximum atomic E-state index is 12.0. The van der Waals surface area contributed by atoms with Crippen LogP contribution in [0.15, 0.2) is 18.2 Å². The number of ether oxygens (including phenoxy) is 1. The number of carbonyl (C=O) groups excluding carboxylic acids is 1. The predicted octanol–water partition coefficient (Wildman–Crippen LogP) is 2.74. The van der Waals surface area contributed by atoms with Crippen molar-refractivity contribution in [1.82, 2.24) is 10.6 Å². The molecule has 0 radical (unpaired) electrons. The Morgan fingerprint density at radius 3 is 2.65 bits per heavy atom. The Hall–Kier alpha value is -1.75. The molecule has 128 valence electrons. The Bertz CT molecular complexity index is 511. The number of aliphatic hydroxyl groups excluding tert-OH is 1. The van der Waals surface area contributed by atoms with Crippen LogP contribution in [-0.2, 0) is 6.54 Å². The third kappa shape index (κ3) is 5.43. The van der Waals surface area contributed by atoms with Crippen molar-refractivity contribution >= 4 is 6.03 Å². The van der Waals surface area contributed by atoms with E-state index in [0.717, 1.165) is 42.6 Å². The van der Waals surface area contributed by atoms with Crippen LogP contribution in [0, 0.1) is 12.8 Å². The van der Waals surface area contributed by atoms with Crippen LogP contribution < -0.4 is 15.4 Å². The van der Waals surface area contributed by atoms with Gasteiger partial charge in [0, 0.05) is 19.2 Å². The van der Waals surface area contributed by atoms with Crippen molar-refractivity contribution in [3.05, 3.63) is 29.3 Å². The third-order valence-electron chi connectivity index (χ3n) is 4.43. The van der Waals surface area contributed by atoms with Gasteiger partial charge in [0.2, 0.25) is 0 Å². The molecule has 3 N–H and O–H groups in total. The van der Waals surface area contributed by atoms with Crippen molar-refractivity contribution in [3.8, 4) is 5.75 Å². The maximum Gasteiger partial charge on any atom is 0.315 e. The highest BCUT2D eigenvalue weighted by Gasteiger charge is 2.21. The summed E-state index contributed by atoms with van der Waals surface area (Å²) in [4.78, 5) is 12.0. The van der Waals surface area contributed by atoms with Crippen molar-refractivity contribution in [2.75, 3.05) is 13.2 Å². The number of urea groups is 1. The second-order valence-electron chi connectivity index (χ2n) is 6.26. The number of rotatable bonds is 6. The second kappa shape index (κ2) is 8.77. The van der Waals surface area contributed by atoms with E-state index in [2.05, 4.69) is 10.6 Å². The van der Waals surface area contributed by atoms with Gasteiger partial charge in [-0.2, -0.15) is 0 Å². The normalized spacial score (nSPS) is 20.8. The van der Waals surface area contributed by atoms with Crippen LogP contribution in [0.25, 0.3) is 0 Å². The molecular weight excluding hydrogens is 292 g/mol. The zero-order chi connectivity index (χ0) is 16.7. The van der Waals surface area contributed by atoms with E-state index < -0.39 is 0 Å². The molecule has 1 aromatic carbocycles. The van der Waals surface area contributed by atoms with E-state index >= 15 is 0 Å². The molecule has 2 rings (SSSR count).